The minimum atomic E-state index is -0.966. The average Bonchev–Trinajstić information content (AvgIpc) is 3.15. The Morgan fingerprint density at radius 2 is 2.00 bits per heavy atom. The van der Waals surface area contributed by atoms with Gasteiger partial charge >= 0.3 is 0 Å². The van der Waals surface area contributed by atoms with Gasteiger partial charge in [-0.3, -0.25) is 4.79 Å². The second-order valence-corrected chi connectivity index (χ2v) is 7.57. The number of fused-ring (bicyclic) bond motifs is 1. The standard InChI is InChI=1S/C20H27N3O2/c1-13-9-6-7-11-16(13)23-17-12-8-10-15(17)18(21-23)19(24)22(5)14(2)20(3,4)25/h6-7,9,11,14,25H,8,10,12H2,1-5H3/t14-/m0/s1. The molecule has 1 aliphatic rings. The number of aromatic nitrogens is 2. The highest BCUT2D eigenvalue weighted by Gasteiger charge is 2.34. The fourth-order valence-electron chi connectivity index (χ4n) is 3.43. The molecule has 1 amide bonds. The minimum Gasteiger partial charge on any atom is -0.388 e. The largest absolute Gasteiger partial charge is 0.388 e. The number of rotatable bonds is 4. The van der Waals surface area contributed by atoms with Crippen LogP contribution in [0.2, 0.25) is 0 Å². The van der Waals surface area contributed by atoms with Gasteiger partial charge in [0.05, 0.1) is 17.3 Å². The first-order valence-corrected chi connectivity index (χ1v) is 8.88. The number of hydrogen-bond donors (Lipinski definition) is 1. The van der Waals surface area contributed by atoms with Crippen LogP contribution in [0.5, 0.6) is 0 Å². The molecule has 2 aromatic rings. The summed E-state index contributed by atoms with van der Waals surface area (Å²) in [5, 5.41) is 14.9. The number of carbonyl (C=O) groups excluding carboxylic acids is 1. The van der Waals surface area contributed by atoms with Crippen molar-refractivity contribution in [3.8, 4) is 5.69 Å². The zero-order valence-electron chi connectivity index (χ0n) is 15.7. The summed E-state index contributed by atoms with van der Waals surface area (Å²) in [5.41, 5.74) is 3.92. The van der Waals surface area contributed by atoms with Crippen molar-refractivity contribution >= 4 is 5.91 Å². The molecule has 0 spiro atoms. The molecule has 134 valence electrons. The van der Waals surface area contributed by atoms with Gasteiger partial charge in [-0.1, -0.05) is 18.2 Å². The van der Waals surface area contributed by atoms with Gasteiger partial charge in [0.1, 0.15) is 0 Å². The molecule has 1 atom stereocenters. The van der Waals surface area contributed by atoms with Crippen LogP contribution in [0.4, 0.5) is 0 Å². The Morgan fingerprint density at radius 1 is 1.32 bits per heavy atom. The molecule has 1 N–H and O–H groups in total. The first kappa shape index (κ1) is 17.7. The molecule has 0 aliphatic heterocycles. The Bertz CT molecular complexity index is 802. The van der Waals surface area contributed by atoms with Gasteiger partial charge in [0.15, 0.2) is 5.69 Å². The lowest BCUT2D eigenvalue weighted by molar-refractivity contribution is 0.000274. The molecule has 0 saturated heterocycles. The molecular weight excluding hydrogens is 314 g/mol. The van der Waals surface area contributed by atoms with E-state index in [9.17, 15) is 9.90 Å². The van der Waals surface area contributed by atoms with Crippen molar-refractivity contribution in [3.63, 3.8) is 0 Å². The summed E-state index contributed by atoms with van der Waals surface area (Å²) in [7, 11) is 1.74. The molecule has 5 nitrogen and oxygen atoms in total. The summed E-state index contributed by atoms with van der Waals surface area (Å²) >= 11 is 0. The van der Waals surface area contributed by atoms with E-state index in [2.05, 4.69) is 13.0 Å². The number of para-hydroxylation sites is 1. The molecule has 1 aromatic heterocycles. The van der Waals surface area contributed by atoms with E-state index in [0.29, 0.717) is 5.69 Å². The highest BCUT2D eigenvalue weighted by molar-refractivity contribution is 5.94. The van der Waals surface area contributed by atoms with E-state index in [0.717, 1.165) is 41.8 Å². The fraction of sp³-hybridized carbons (Fsp3) is 0.500. The number of nitrogens with zero attached hydrogens (tertiary/aromatic N) is 3. The van der Waals surface area contributed by atoms with Gasteiger partial charge in [-0.15, -0.1) is 0 Å². The molecule has 1 heterocycles. The van der Waals surface area contributed by atoms with Gasteiger partial charge in [0.2, 0.25) is 0 Å². The smallest absolute Gasteiger partial charge is 0.274 e. The van der Waals surface area contributed by atoms with Crippen LogP contribution in [0.1, 0.15) is 54.5 Å². The summed E-state index contributed by atoms with van der Waals surface area (Å²) in [6.07, 6.45) is 2.87. The second kappa shape index (κ2) is 6.30. The SMILES string of the molecule is Cc1ccccc1-n1nc(C(=O)N(C)[C@@H](C)C(C)(C)O)c2c1CCC2. The summed E-state index contributed by atoms with van der Waals surface area (Å²) < 4.78 is 1.94. The summed E-state index contributed by atoms with van der Waals surface area (Å²) in [6, 6.07) is 7.80. The van der Waals surface area contributed by atoms with E-state index in [1.165, 1.54) is 0 Å². The van der Waals surface area contributed by atoms with Gasteiger partial charge < -0.3 is 10.0 Å². The molecule has 1 aromatic carbocycles. The molecular formula is C20H27N3O2. The Labute approximate surface area is 149 Å². The third-order valence-corrected chi connectivity index (χ3v) is 5.40. The minimum absolute atomic E-state index is 0.125. The van der Waals surface area contributed by atoms with E-state index in [-0.39, 0.29) is 11.9 Å². The Balaban J connectivity index is 2.03. The molecule has 3 rings (SSSR count). The number of aliphatic hydroxyl groups is 1. The van der Waals surface area contributed by atoms with Crippen molar-refractivity contribution in [2.75, 3.05) is 7.05 Å². The van der Waals surface area contributed by atoms with Gasteiger partial charge in [0.25, 0.3) is 5.91 Å². The van der Waals surface area contributed by atoms with Crippen LogP contribution >= 0.6 is 0 Å². The lowest BCUT2D eigenvalue weighted by Gasteiger charge is -2.33. The molecule has 1 aliphatic carbocycles. The predicted octanol–water partition coefficient (Wildman–Crippen LogP) is 2.90. The first-order chi connectivity index (χ1) is 11.7. The van der Waals surface area contributed by atoms with Gasteiger partial charge in [-0.05, 0) is 58.6 Å². The molecule has 5 heteroatoms. The van der Waals surface area contributed by atoms with Crippen molar-refractivity contribution < 1.29 is 9.90 Å². The number of amides is 1. The highest BCUT2D eigenvalue weighted by Crippen LogP contribution is 2.30. The molecule has 25 heavy (non-hydrogen) atoms. The van der Waals surface area contributed by atoms with Crippen LogP contribution < -0.4 is 0 Å². The average molecular weight is 341 g/mol. The van der Waals surface area contributed by atoms with E-state index in [1.54, 1.807) is 25.8 Å². The number of hydrogen-bond acceptors (Lipinski definition) is 3. The number of likely N-dealkylation sites (N-methyl/N-ethyl adjacent to an activating group) is 1. The summed E-state index contributed by atoms with van der Waals surface area (Å²) in [4.78, 5) is 14.7. The van der Waals surface area contributed by atoms with Crippen LogP contribution in [0.15, 0.2) is 24.3 Å². The number of aryl methyl sites for hydroxylation is 1. The maximum Gasteiger partial charge on any atom is 0.274 e. The lowest BCUT2D eigenvalue weighted by atomic mass is 9.99. The van der Waals surface area contributed by atoms with Crippen molar-refractivity contribution in [2.45, 2.75) is 58.6 Å². The van der Waals surface area contributed by atoms with E-state index >= 15 is 0 Å². The third kappa shape index (κ3) is 3.09. The molecule has 0 unspecified atom stereocenters. The maximum absolute atomic E-state index is 13.1. The van der Waals surface area contributed by atoms with E-state index in [4.69, 9.17) is 5.10 Å². The second-order valence-electron chi connectivity index (χ2n) is 7.57. The van der Waals surface area contributed by atoms with Crippen molar-refractivity contribution in [2.24, 2.45) is 0 Å². The summed E-state index contributed by atoms with van der Waals surface area (Å²) in [5.74, 6) is -0.125. The zero-order chi connectivity index (χ0) is 18.4. The van der Waals surface area contributed by atoms with Crippen LogP contribution in [0, 0.1) is 6.92 Å². The Hall–Kier alpha value is -2.14. The van der Waals surface area contributed by atoms with E-state index in [1.807, 2.05) is 29.8 Å². The number of benzene rings is 1. The predicted molar refractivity (Wildman–Crippen MR) is 98.2 cm³/mol. The Kier molecular flexibility index (Phi) is 4.45. The van der Waals surface area contributed by atoms with Crippen molar-refractivity contribution in [1.29, 1.82) is 0 Å². The number of carbonyl (C=O) groups is 1. The van der Waals surface area contributed by atoms with Gasteiger partial charge in [-0.25, -0.2) is 4.68 Å². The maximum atomic E-state index is 13.1. The Morgan fingerprint density at radius 3 is 2.64 bits per heavy atom. The molecule has 0 bridgehead atoms. The monoisotopic (exact) mass is 341 g/mol. The van der Waals surface area contributed by atoms with Crippen molar-refractivity contribution in [1.82, 2.24) is 14.7 Å². The fourth-order valence-corrected chi connectivity index (χ4v) is 3.43. The summed E-state index contributed by atoms with van der Waals surface area (Å²) in [6.45, 7) is 7.36. The molecule has 0 fully saturated rings. The van der Waals surface area contributed by atoms with Crippen LogP contribution in [-0.4, -0.2) is 44.4 Å². The van der Waals surface area contributed by atoms with Gasteiger partial charge in [-0.2, -0.15) is 5.10 Å². The van der Waals surface area contributed by atoms with E-state index < -0.39 is 5.60 Å². The highest BCUT2D eigenvalue weighted by atomic mass is 16.3. The van der Waals surface area contributed by atoms with Gasteiger partial charge in [0, 0.05) is 18.3 Å². The topological polar surface area (TPSA) is 58.4 Å². The first-order valence-electron chi connectivity index (χ1n) is 8.88. The van der Waals surface area contributed by atoms with Crippen LogP contribution in [-0.2, 0) is 12.8 Å². The quantitative estimate of drug-likeness (QED) is 0.930. The molecule has 0 radical (unpaired) electrons. The van der Waals surface area contributed by atoms with Crippen LogP contribution in [0.3, 0.4) is 0 Å². The third-order valence-electron chi connectivity index (χ3n) is 5.40. The molecule has 0 saturated carbocycles. The zero-order valence-corrected chi connectivity index (χ0v) is 15.7. The lowest BCUT2D eigenvalue weighted by Crippen LogP contribution is -2.48. The van der Waals surface area contributed by atoms with Crippen LogP contribution in [0.25, 0.3) is 5.69 Å². The normalized spacial score (nSPS) is 15.1. The van der Waals surface area contributed by atoms with Crippen molar-refractivity contribution in [3.05, 3.63) is 46.8 Å².